The van der Waals surface area contributed by atoms with Crippen molar-refractivity contribution in [2.75, 3.05) is 26.7 Å². The minimum atomic E-state index is 0.790. The van der Waals surface area contributed by atoms with E-state index < -0.39 is 0 Å². The van der Waals surface area contributed by atoms with E-state index in [0.717, 1.165) is 17.9 Å². The van der Waals surface area contributed by atoms with Crippen LogP contribution in [0.15, 0.2) is 30.3 Å². The predicted octanol–water partition coefficient (Wildman–Crippen LogP) is 2.47. The van der Waals surface area contributed by atoms with Gasteiger partial charge in [-0.15, -0.1) is 0 Å². The van der Waals surface area contributed by atoms with Gasteiger partial charge in [0.1, 0.15) is 0 Å². The lowest BCUT2D eigenvalue weighted by molar-refractivity contribution is 0.230. The maximum Gasteiger partial charge on any atom is 0.0168 e. The van der Waals surface area contributed by atoms with Gasteiger partial charge in [0.25, 0.3) is 0 Å². The van der Waals surface area contributed by atoms with Gasteiger partial charge in [-0.05, 0) is 50.9 Å². The first-order valence-electron chi connectivity index (χ1n) is 7.30. The smallest absolute Gasteiger partial charge is 0.0168 e. The molecule has 0 amide bonds. The van der Waals surface area contributed by atoms with Crippen LogP contribution in [0.5, 0.6) is 0 Å². The van der Waals surface area contributed by atoms with Crippen molar-refractivity contribution in [3.05, 3.63) is 35.9 Å². The van der Waals surface area contributed by atoms with Gasteiger partial charge in [0.15, 0.2) is 0 Å². The number of likely N-dealkylation sites (N-methyl/N-ethyl adjacent to an activating group) is 1. The molecule has 2 atom stereocenters. The van der Waals surface area contributed by atoms with Crippen molar-refractivity contribution >= 4 is 0 Å². The average Bonchev–Trinajstić information content (AvgIpc) is 3.21. The van der Waals surface area contributed by atoms with Gasteiger partial charge in [-0.25, -0.2) is 0 Å². The summed E-state index contributed by atoms with van der Waals surface area (Å²) in [5, 5.41) is 3.45. The number of hydrogen-bond acceptors (Lipinski definition) is 2. The Morgan fingerprint density at radius 2 is 1.89 bits per heavy atom. The second-order valence-electron chi connectivity index (χ2n) is 5.95. The van der Waals surface area contributed by atoms with E-state index in [1.807, 2.05) is 0 Å². The van der Waals surface area contributed by atoms with E-state index in [4.69, 9.17) is 0 Å². The van der Waals surface area contributed by atoms with Crippen molar-refractivity contribution in [3.8, 4) is 0 Å². The minimum absolute atomic E-state index is 0.790. The summed E-state index contributed by atoms with van der Waals surface area (Å²) >= 11 is 0. The minimum Gasteiger partial charge on any atom is -0.317 e. The summed E-state index contributed by atoms with van der Waals surface area (Å²) in [7, 11) is 2.32. The molecule has 1 aromatic rings. The molecule has 0 aromatic heterocycles. The molecule has 2 heteroatoms. The topological polar surface area (TPSA) is 15.3 Å². The van der Waals surface area contributed by atoms with Crippen LogP contribution in [0.3, 0.4) is 0 Å². The van der Waals surface area contributed by atoms with Crippen LogP contribution < -0.4 is 5.32 Å². The molecule has 1 N–H and O–H groups in total. The highest BCUT2D eigenvalue weighted by atomic mass is 15.2. The fraction of sp³-hybridized carbons (Fsp3) is 0.625. The van der Waals surface area contributed by atoms with Gasteiger partial charge in [0.05, 0.1) is 0 Å². The number of nitrogens with zero attached hydrogens (tertiary/aromatic N) is 1. The van der Waals surface area contributed by atoms with Crippen LogP contribution in [-0.4, -0.2) is 37.6 Å². The summed E-state index contributed by atoms with van der Waals surface area (Å²) < 4.78 is 0. The number of rotatable bonds is 4. The molecule has 2 aliphatic rings. The Bertz CT molecular complexity index is 370. The van der Waals surface area contributed by atoms with Crippen LogP contribution in [0.2, 0.25) is 0 Å². The first kappa shape index (κ1) is 12.2. The lowest BCUT2D eigenvalue weighted by Gasteiger charge is -2.27. The van der Waals surface area contributed by atoms with Crippen LogP contribution in [-0.2, 0) is 0 Å². The van der Waals surface area contributed by atoms with Crippen molar-refractivity contribution < 1.29 is 0 Å². The zero-order valence-electron chi connectivity index (χ0n) is 11.3. The van der Waals surface area contributed by atoms with E-state index in [1.165, 1.54) is 44.5 Å². The molecule has 1 saturated heterocycles. The van der Waals surface area contributed by atoms with Gasteiger partial charge in [-0.3, -0.25) is 0 Å². The molecular formula is C16H24N2. The molecule has 0 bridgehead atoms. The summed E-state index contributed by atoms with van der Waals surface area (Å²) in [5.41, 5.74) is 1.53. The molecule has 1 heterocycles. The maximum atomic E-state index is 3.45. The highest BCUT2D eigenvalue weighted by Crippen LogP contribution is 2.44. The molecule has 2 fully saturated rings. The summed E-state index contributed by atoms with van der Waals surface area (Å²) in [6, 6.07) is 11.8. The average molecular weight is 244 g/mol. The van der Waals surface area contributed by atoms with Crippen molar-refractivity contribution in [1.82, 2.24) is 10.2 Å². The third-order valence-electron chi connectivity index (χ3n) is 4.56. The van der Waals surface area contributed by atoms with E-state index in [-0.39, 0.29) is 0 Å². The molecule has 3 rings (SSSR count). The number of nitrogens with one attached hydrogen (secondary N) is 1. The molecule has 1 aliphatic carbocycles. The summed E-state index contributed by atoms with van der Waals surface area (Å²) in [6.45, 7) is 3.71. The fourth-order valence-corrected chi connectivity index (χ4v) is 3.33. The van der Waals surface area contributed by atoms with E-state index >= 15 is 0 Å². The van der Waals surface area contributed by atoms with Crippen LogP contribution in [0.4, 0.5) is 0 Å². The van der Waals surface area contributed by atoms with Gasteiger partial charge in [0.2, 0.25) is 0 Å². The van der Waals surface area contributed by atoms with Crippen LogP contribution in [0.25, 0.3) is 0 Å². The summed E-state index contributed by atoms with van der Waals surface area (Å²) in [4.78, 5) is 2.60. The molecule has 98 valence electrons. The molecule has 0 radical (unpaired) electrons. The van der Waals surface area contributed by atoms with Gasteiger partial charge in [-0.2, -0.15) is 0 Å². The van der Waals surface area contributed by atoms with Gasteiger partial charge < -0.3 is 10.2 Å². The van der Waals surface area contributed by atoms with E-state index in [1.54, 1.807) is 0 Å². The zero-order valence-corrected chi connectivity index (χ0v) is 11.3. The normalized spacial score (nSPS) is 28.6. The SMILES string of the molecule is CN(CC1CCNCC1)C1CC1c1ccccc1. The van der Waals surface area contributed by atoms with E-state index in [0.29, 0.717) is 0 Å². The Labute approximate surface area is 110 Å². The Morgan fingerprint density at radius 1 is 1.17 bits per heavy atom. The molecule has 0 spiro atoms. The second-order valence-corrected chi connectivity index (χ2v) is 5.95. The predicted molar refractivity (Wildman–Crippen MR) is 75.8 cm³/mol. The second kappa shape index (κ2) is 5.41. The van der Waals surface area contributed by atoms with Crippen LogP contribution >= 0.6 is 0 Å². The number of benzene rings is 1. The molecule has 1 aromatic carbocycles. The summed E-state index contributed by atoms with van der Waals surface area (Å²) in [5.74, 6) is 1.70. The highest BCUT2D eigenvalue weighted by Gasteiger charge is 2.41. The summed E-state index contributed by atoms with van der Waals surface area (Å²) in [6.07, 6.45) is 4.06. The molecule has 2 unspecified atom stereocenters. The van der Waals surface area contributed by atoms with Gasteiger partial charge in [-0.1, -0.05) is 30.3 Å². The Morgan fingerprint density at radius 3 is 2.61 bits per heavy atom. The molecule has 1 aliphatic heterocycles. The Hall–Kier alpha value is -0.860. The van der Waals surface area contributed by atoms with Gasteiger partial charge >= 0.3 is 0 Å². The number of piperidine rings is 1. The van der Waals surface area contributed by atoms with E-state index in [9.17, 15) is 0 Å². The standard InChI is InChI=1S/C16H24N2/c1-18(12-13-7-9-17-10-8-13)16-11-15(16)14-5-3-2-4-6-14/h2-6,13,15-17H,7-12H2,1H3. The quantitative estimate of drug-likeness (QED) is 0.875. The van der Waals surface area contributed by atoms with Crippen LogP contribution in [0.1, 0.15) is 30.7 Å². The fourth-order valence-electron chi connectivity index (χ4n) is 3.33. The maximum absolute atomic E-state index is 3.45. The monoisotopic (exact) mass is 244 g/mol. The first-order valence-corrected chi connectivity index (χ1v) is 7.30. The first-order chi connectivity index (χ1) is 8.84. The molecule has 1 saturated carbocycles. The van der Waals surface area contributed by atoms with E-state index in [2.05, 4.69) is 47.6 Å². The van der Waals surface area contributed by atoms with Crippen LogP contribution in [0, 0.1) is 5.92 Å². The third kappa shape index (κ3) is 2.76. The van der Waals surface area contributed by atoms with Gasteiger partial charge in [0, 0.05) is 18.5 Å². The Balaban J connectivity index is 1.51. The third-order valence-corrected chi connectivity index (χ3v) is 4.56. The molecular weight excluding hydrogens is 220 g/mol. The lowest BCUT2D eigenvalue weighted by atomic mass is 9.97. The number of hydrogen-bond donors (Lipinski definition) is 1. The van der Waals surface area contributed by atoms with Crippen molar-refractivity contribution in [1.29, 1.82) is 0 Å². The lowest BCUT2D eigenvalue weighted by Crippen LogP contribution is -2.35. The zero-order chi connectivity index (χ0) is 12.4. The largest absolute Gasteiger partial charge is 0.317 e. The highest BCUT2D eigenvalue weighted by molar-refractivity contribution is 5.27. The van der Waals surface area contributed by atoms with Crippen molar-refractivity contribution in [2.24, 2.45) is 5.92 Å². The van der Waals surface area contributed by atoms with Crippen molar-refractivity contribution in [3.63, 3.8) is 0 Å². The van der Waals surface area contributed by atoms with Crippen molar-refractivity contribution in [2.45, 2.75) is 31.2 Å². The molecule has 18 heavy (non-hydrogen) atoms. The molecule has 2 nitrogen and oxygen atoms in total. The Kier molecular flexibility index (Phi) is 3.67.